The van der Waals surface area contributed by atoms with Crippen LogP contribution in [0.2, 0.25) is 0 Å². The zero-order valence-corrected chi connectivity index (χ0v) is 17.2. The first-order valence-electron chi connectivity index (χ1n) is 9.37. The van der Waals surface area contributed by atoms with Gasteiger partial charge in [-0.15, -0.1) is 10.2 Å². The highest BCUT2D eigenvalue weighted by atomic mass is 32.2. The molecule has 0 saturated carbocycles. The minimum absolute atomic E-state index is 0.303. The third kappa shape index (κ3) is 4.81. The molecule has 1 aliphatic heterocycles. The first-order valence-corrected chi connectivity index (χ1v) is 10.4. The zero-order valence-electron chi connectivity index (χ0n) is 16.3. The SMILES string of the molecule is CCCCOc1ccc(/C=C(\C(=O)OCC)C2=Nn3c(C)nnc3SC2)cc1. The topological polar surface area (TPSA) is 78.6 Å². The molecule has 2 aromatic rings. The summed E-state index contributed by atoms with van der Waals surface area (Å²) in [5, 5.41) is 13.4. The molecule has 2 heterocycles. The predicted molar refractivity (Wildman–Crippen MR) is 110 cm³/mol. The summed E-state index contributed by atoms with van der Waals surface area (Å²) in [7, 11) is 0. The number of ether oxygens (including phenoxy) is 2. The molecule has 0 radical (unpaired) electrons. The average molecular weight is 401 g/mol. The highest BCUT2D eigenvalue weighted by molar-refractivity contribution is 7.99. The van der Waals surface area contributed by atoms with Crippen molar-refractivity contribution in [2.45, 2.75) is 38.8 Å². The highest BCUT2D eigenvalue weighted by Gasteiger charge is 2.24. The van der Waals surface area contributed by atoms with Crippen molar-refractivity contribution in [2.75, 3.05) is 19.0 Å². The number of carbonyl (C=O) groups is 1. The molecule has 0 fully saturated rings. The van der Waals surface area contributed by atoms with Crippen LogP contribution in [-0.4, -0.2) is 45.5 Å². The van der Waals surface area contributed by atoms with E-state index >= 15 is 0 Å². The molecule has 148 valence electrons. The van der Waals surface area contributed by atoms with Crippen molar-refractivity contribution >= 4 is 29.5 Å². The number of aryl methyl sites for hydroxylation is 1. The number of hydrogen-bond acceptors (Lipinski definition) is 7. The Kier molecular flexibility index (Phi) is 6.86. The summed E-state index contributed by atoms with van der Waals surface area (Å²) in [6.45, 7) is 6.75. The lowest BCUT2D eigenvalue weighted by molar-refractivity contribution is -0.137. The molecule has 3 rings (SSSR count). The molecule has 0 amide bonds. The lowest BCUT2D eigenvalue weighted by atomic mass is 10.1. The van der Waals surface area contributed by atoms with Gasteiger partial charge in [0.1, 0.15) is 5.75 Å². The quantitative estimate of drug-likeness (QED) is 0.382. The summed E-state index contributed by atoms with van der Waals surface area (Å²) >= 11 is 1.50. The molecule has 0 spiro atoms. The van der Waals surface area contributed by atoms with Crippen LogP contribution < -0.4 is 4.74 Å². The fourth-order valence-electron chi connectivity index (χ4n) is 2.59. The van der Waals surface area contributed by atoms with Gasteiger partial charge in [-0.25, -0.2) is 4.79 Å². The fourth-order valence-corrected chi connectivity index (χ4v) is 3.46. The Morgan fingerprint density at radius 3 is 2.75 bits per heavy atom. The predicted octanol–water partition coefficient (Wildman–Crippen LogP) is 3.72. The van der Waals surface area contributed by atoms with Crippen LogP contribution in [0.15, 0.2) is 40.1 Å². The summed E-state index contributed by atoms with van der Waals surface area (Å²) in [6.07, 6.45) is 3.92. The van der Waals surface area contributed by atoms with Crippen molar-refractivity contribution < 1.29 is 14.3 Å². The van der Waals surface area contributed by atoms with E-state index in [1.165, 1.54) is 11.8 Å². The molecule has 1 aromatic carbocycles. The lowest BCUT2D eigenvalue weighted by Gasteiger charge is -2.15. The van der Waals surface area contributed by atoms with Gasteiger partial charge < -0.3 is 9.47 Å². The molecule has 0 aliphatic carbocycles. The van der Waals surface area contributed by atoms with Crippen molar-refractivity contribution in [3.63, 3.8) is 0 Å². The van der Waals surface area contributed by atoms with Gasteiger partial charge in [-0.05, 0) is 44.0 Å². The second kappa shape index (κ2) is 9.54. The van der Waals surface area contributed by atoms with Gasteiger partial charge >= 0.3 is 5.97 Å². The Balaban J connectivity index is 1.87. The Bertz CT molecular complexity index is 887. The number of unbranched alkanes of at least 4 members (excludes halogenated alkanes) is 1. The molecule has 8 heteroatoms. The number of thioether (sulfide) groups is 1. The molecule has 0 saturated heterocycles. The van der Waals surface area contributed by atoms with Crippen LogP contribution in [0.25, 0.3) is 6.08 Å². The van der Waals surface area contributed by atoms with Gasteiger partial charge in [0.25, 0.3) is 0 Å². The summed E-state index contributed by atoms with van der Waals surface area (Å²) in [5.74, 6) is 1.63. The third-order valence-electron chi connectivity index (χ3n) is 4.09. The normalized spacial score (nSPS) is 13.7. The number of nitrogens with zero attached hydrogens (tertiary/aromatic N) is 4. The van der Waals surface area contributed by atoms with Crippen LogP contribution >= 0.6 is 11.8 Å². The molecule has 7 nitrogen and oxygen atoms in total. The number of benzene rings is 1. The van der Waals surface area contributed by atoms with Gasteiger partial charge in [0.05, 0.1) is 24.5 Å². The number of carbonyl (C=O) groups excluding carboxylic acids is 1. The van der Waals surface area contributed by atoms with E-state index in [0.717, 1.165) is 29.3 Å². The first-order chi connectivity index (χ1) is 13.6. The maximum Gasteiger partial charge on any atom is 0.340 e. The Hall–Kier alpha value is -2.61. The van der Waals surface area contributed by atoms with E-state index in [1.54, 1.807) is 17.7 Å². The smallest absolute Gasteiger partial charge is 0.340 e. The number of fused-ring (bicyclic) bond motifs is 1. The lowest BCUT2D eigenvalue weighted by Crippen LogP contribution is -2.21. The Morgan fingerprint density at radius 2 is 2.04 bits per heavy atom. The average Bonchev–Trinajstić information content (AvgIpc) is 3.08. The van der Waals surface area contributed by atoms with Crippen LogP contribution in [0.3, 0.4) is 0 Å². The van der Waals surface area contributed by atoms with E-state index in [9.17, 15) is 4.79 Å². The molecule has 0 atom stereocenters. The molecule has 28 heavy (non-hydrogen) atoms. The monoisotopic (exact) mass is 400 g/mol. The minimum atomic E-state index is -0.390. The van der Waals surface area contributed by atoms with Crippen LogP contribution in [0.5, 0.6) is 5.75 Å². The van der Waals surface area contributed by atoms with Crippen molar-refractivity contribution in [3.05, 3.63) is 41.2 Å². The second-order valence-corrected chi connectivity index (χ2v) is 7.17. The second-order valence-electron chi connectivity index (χ2n) is 6.23. The van der Waals surface area contributed by atoms with Crippen LogP contribution in [0, 0.1) is 6.92 Å². The van der Waals surface area contributed by atoms with Crippen molar-refractivity contribution in [2.24, 2.45) is 5.10 Å². The Morgan fingerprint density at radius 1 is 1.25 bits per heavy atom. The van der Waals surface area contributed by atoms with E-state index in [4.69, 9.17) is 9.47 Å². The molecular formula is C20H24N4O3S. The van der Waals surface area contributed by atoms with Gasteiger partial charge in [0.2, 0.25) is 5.16 Å². The van der Waals surface area contributed by atoms with Gasteiger partial charge in [-0.2, -0.15) is 9.78 Å². The van der Waals surface area contributed by atoms with Gasteiger partial charge in [0.15, 0.2) is 5.82 Å². The Labute approximate surface area is 168 Å². The van der Waals surface area contributed by atoms with E-state index in [-0.39, 0.29) is 5.97 Å². The van der Waals surface area contributed by atoms with Crippen LogP contribution in [-0.2, 0) is 9.53 Å². The summed E-state index contributed by atoms with van der Waals surface area (Å²) < 4.78 is 12.6. The zero-order chi connectivity index (χ0) is 19.9. The molecule has 0 bridgehead atoms. The van der Waals surface area contributed by atoms with Crippen molar-refractivity contribution in [1.82, 2.24) is 14.9 Å². The minimum Gasteiger partial charge on any atom is -0.494 e. The fraction of sp³-hybridized carbons (Fsp3) is 0.400. The van der Waals surface area contributed by atoms with Gasteiger partial charge in [-0.3, -0.25) is 0 Å². The standard InChI is InChI=1S/C20H24N4O3S/c1-4-6-11-27-16-9-7-15(8-10-16)12-17(19(25)26-5-2)18-13-28-20-22-21-14(3)24(20)23-18/h7-10,12H,4-6,11,13H2,1-3H3/b17-12-. The number of esters is 1. The van der Waals surface area contributed by atoms with Crippen LogP contribution in [0.1, 0.15) is 38.1 Å². The molecule has 1 aromatic heterocycles. The summed E-state index contributed by atoms with van der Waals surface area (Å²) in [6, 6.07) is 7.66. The molecule has 1 aliphatic rings. The molecule has 0 N–H and O–H groups in total. The molecular weight excluding hydrogens is 376 g/mol. The maximum atomic E-state index is 12.6. The highest BCUT2D eigenvalue weighted by Crippen LogP contribution is 2.25. The van der Waals surface area contributed by atoms with Crippen molar-refractivity contribution in [1.29, 1.82) is 0 Å². The van der Waals surface area contributed by atoms with E-state index in [0.29, 0.717) is 36.1 Å². The van der Waals surface area contributed by atoms with E-state index < -0.39 is 0 Å². The van der Waals surface area contributed by atoms with Crippen LogP contribution in [0.4, 0.5) is 0 Å². The number of rotatable bonds is 8. The first kappa shape index (κ1) is 20.1. The van der Waals surface area contributed by atoms with E-state index in [1.807, 2.05) is 31.2 Å². The van der Waals surface area contributed by atoms with Crippen molar-refractivity contribution in [3.8, 4) is 5.75 Å². The summed E-state index contributed by atoms with van der Waals surface area (Å²) in [4.78, 5) is 12.6. The largest absolute Gasteiger partial charge is 0.494 e. The van der Waals surface area contributed by atoms with Gasteiger partial charge in [0, 0.05) is 5.75 Å². The third-order valence-corrected chi connectivity index (χ3v) is 5.02. The van der Waals surface area contributed by atoms with E-state index in [2.05, 4.69) is 22.2 Å². The number of hydrogen-bond donors (Lipinski definition) is 0. The summed E-state index contributed by atoms with van der Waals surface area (Å²) in [5.41, 5.74) is 1.96. The van der Waals surface area contributed by atoms with Gasteiger partial charge in [-0.1, -0.05) is 37.2 Å². The maximum absolute atomic E-state index is 12.6. The number of aromatic nitrogens is 3. The molecule has 0 unspecified atom stereocenters.